The molecule has 4 rings (SSSR count). The Morgan fingerprint density at radius 1 is 0.786 bits per heavy atom. The lowest BCUT2D eigenvalue weighted by Crippen LogP contribution is -2.43. The predicted octanol–water partition coefficient (Wildman–Crippen LogP) is 5.44. The van der Waals surface area contributed by atoms with Gasteiger partial charge in [0, 0.05) is 5.41 Å². The van der Waals surface area contributed by atoms with Crippen LogP contribution in [0.5, 0.6) is 11.5 Å². The molecule has 3 aromatic carbocycles. The molecule has 1 aliphatic rings. The fourth-order valence-electron chi connectivity index (χ4n) is 4.45. The predicted molar refractivity (Wildman–Crippen MR) is 110 cm³/mol. The lowest BCUT2D eigenvalue weighted by atomic mass is 9.52. The average molecular weight is 369 g/mol. The lowest BCUT2D eigenvalue weighted by Gasteiger charge is -2.51. The van der Waals surface area contributed by atoms with Gasteiger partial charge in [0.1, 0.15) is 11.5 Å². The number of ether oxygens (including phenoxy) is 2. The highest BCUT2D eigenvalue weighted by atomic mass is 16.5. The van der Waals surface area contributed by atoms with Crippen LogP contribution in [0.15, 0.2) is 72.8 Å². The first-order valence-electron chi connectivity index (χ1n) is 9.50. The van der Waals surface area contributed by atoms with Crippen LogP contribution in [-0.2, 0) is 5.41 Å². The zero-order valence-electron chi connectivity index (χ0n) is 16.2. The second-order valence-electron chi connectivity index (χ2n) is 7.25. The van der Waals surface area contributed by atoms with Gasteiger partial charge in [-0.15, -0.1) is 0 Å². The number of nitriles is 1. The van der Waals surface area contributed by atoms with Gasteiger partial charge in [-0.1, -0.05) is 36.4 Å². The molecule has 1 saturated carbocycles. The SMILES string of the molecule is COc1ccc(C2(c3ccc(OC)cc3)CCC2c2ccc(C#N)cc2)cc1. The molecule has 0 radical (unpaired) electrons. The van der Waals surface area contributed by atoms with Gasteiger partial charge >= 0.3 is 0 Å². The Morgan fingerprint density at radius 3 is 1.64 bits per heavy atom. The molecule has 1 fully saturated rings. The molecule has 3 heteroatoms. The number of methoxy groups -OCH3 is 2. The molecule has 0 aromatic heterocycles. The van der Waals surface area contributed by atoms with Crippen LogP contribution in [0.25, 0.3) is 0 Å². The van der Waals surface area contributed by atoms with E-state index < -0.39 is 0 Å². The molecule has 1 aliphatic carbocycles. The van der Waals surface area contributed by atoms with E-state index in [0.29, 0.717) is 11.5 Å². The third-order valence-electron chi connectivity index (χ3n) is 6.07. The first kappa shape index (κ1) is 18.1. The standard InChI is InChI=1S/C25H23NO2/c1-27-22-11-7-20(8-12-22)25(21-9-13-23(28-2)14-10-21)16-15-24(25)19-5-3-18(17-26)4-6-19/h3-14,24H,15-16H2,1-2H3. The third-order valence-corrected chi connectivity index (χ3v) is 6.07. The van der Waals surface area contributed by atoms with E-state index in [1.54, 1.807) is 14.2 Å². The van der Waals surface area contributed by atoms with Crippen molar-refractivity contribution in [1.82, 2.24) is 0 Å². The van der Waals surface area contributed by atoms with E-state index in [1.165, 1.54) is 16.7 Å². The van der Waals surface area contributed by atoms with Crippen LogP contribution in [0.1, 0.15) is 41.0 Å². The van der Waals surface area contributed by atoms with Crippen LogP contribution in [-0.4, -0.2) is 14.2 Å². The molecule has 28 heavy (non-hydrogen) atoms. The topological polar surface area (TPSA) is 42.2 Å². The summed E-state index contributed by atoms with van der Waals surface area (Å²) in [6.45, 7) is 0. The van der Waals surface area contributed by atoms with Crippen molar-refractivity contribution in [2.24, 2.45) is 0 Å². The zero-order valence-corrected chi connectivity index (χ0v) is 16.2. The molecule has 1 atom stereocenters. The van der Waals surface area contributed by atoms with E-state index >= 15 is 0 Å². The normalized spacial score (nSPS) is 17.2. The molecule has 140 valence electrons. The van der Waals surface area contributed by atoms with E-state index in [4.69, 9.17) is 14.7 Å². The van der Waals surface area contributed by atoms with Crippen molar-refractivity contribution < 1.29 is 9.47 Å². The molecule has 0 amide bonds. The maximum absolute atomic E-state index is 9.12. The van der Waals surface area contributed by atoms with E-state index in [2.05, 4.69) is 42.5 Å². The summed E-state index contributed by atoms with van der Waals surface area (Å²) in [4.78, 5) is 0. The lowest BCUT2D eigenvalue weighted by molar-refractivity contribution is 0.240. The summed E-state index contributed by atoms with van der Waals surface area (Å²) in [5.41, 5.74) is 4.46. The maximum Gasteiger partial charge on any atom is 0.118 e. The first-order valence-corrected chi connectivity index (χ1v) is 9.50. The molecular formula is C25H23NO2. The van der Waals surface area contributed by atoms with Crippen molar-refractivity contribution in [3.05, 3.63) is 95.1 Å². The van der Waals surface area contributed by atoms with Crippen LogP contribution in [0, 0.1) is 11.3 Å². The van der Waals surface area contributed by atoms with E-state index in [1.807, 2.05) is 36.4 Å². The Bertz CT molecular complexity index is 935. The van der Waals surface area contributed by atoms with Gasteiger partial charge < -0.3 is 9.47 Å². The van der Waals surface area contributed by atoms with Crippen molar-refractivity contribution in [2.75, 3.05) is 14.2 Å². The molecule has 0 heterocycles. The molecule has 0 bridgehead atoms. The van der Waals surface area contributed by atoms with Gasteiger partial charge in [-0.05, 0) is 71.8 Å². The van der Waals surface area contributed by atoms with Gasteiger partial charge in [0.15, 0.2) is 0 Å². The Kier molecular flexibility index (Phi) is 4.79. The van der Waals surface area contributed by atoms with Gasteiger partial charge in [-0.3, -0.25) is 0 Å². The molecule has 0 N–H and O–H groups in total. The Labute approximate surface area is 166 Å². The largest absolute Gasteiger partial charge is 0.497 e. The van der Waals surface area contributed by atoms with Gasteiger partial charge in [0.05, 0.1) is 25.9 Å². The highest BCUT2D eigenvalue weighted by molar-refractivity contribution is 5.51. The van der Waals surface area contributed by atoms with Crippen LogP contribution >= 0.6 is 0 Å². The first-order chi connectivity index (χ1) is 13.7. The van der Waals surface area contributed by atoms with Crippen molar-refractivity contribution in [3.8, 4) is 17.6 Å². The van der Waals surface area contributed by atoms with Gasteiger partial charge in [-0.25, -0.2) is 0 Å². The van der Waals surface area contributed by atoms with Gasteiger partial charge in [0.2, 0.25) is 0 Å². The summed E-state index contributed by atoms with van der Waals surface area (Å²) in [6.07, 6.45) is 2.19. The maximum atomic E-state index is 9.12. The van der Waals surface area contributed by atoms with Crippen LogP contribution in [0.3, 0.4) is 0 Å². The number of benzene rings is 3. The minimum atomic E-state index is -0.0906. The smallest absolute Gasteiger partial charge is 0.118 e. The second kappa shape index (κ2) is 7.40. The summed E-state index contributed by atoms with van der Waals surface area (Å²) in [5, 5.41) is 9.12. The molecular weight excluding hydrogens is 346 g/mol. The molecule has 0 aliphatic heterocycles. The number of nitrogens with zero attached hydrogens (tertiary/aromatic N) is 1. The number of rotatable bonds is 5. The van der Waals surface area contributed by atoms with Gasteiger partial charge in [0.25, 0.3) is 0 Å². The quantitative estimate of drug-likeness (QED) is 0.601. The summed E-state index contributed by atoms with van der Waals surface area (Å²) in [5.74, 6) is 2.09. The van der Waals surface area contributed by atoms with Crippen molar-refractivity contribution in [3.63, 3.8) is 0 Å². The minimum absolute atomic E-state index is 0.0906. The van der Waals surface area contributed by atoms with Crippen molar-refractivity contribution >= 4 is 0 Å². The van der Waals surface area contributed by atoms with E-state index in [9.17, 15) is 0 Å². The molecule has 1 unspecified atom stereocenters. The van der Waals surface area contributed by atoms with Crippen molar-refractivity contribution in [1.29, 1.82) is 5.26 Å². The number of hydrogen-bond acceptors (Lipinski definition) is 3. The Hall–Kier alpha value is -3.25. The zero-order chi connectivity index (χ0) is 19.6. The minimum Gasteiger partial charge on any atom is -0.497 e. The summed E-state index contributed by atoms with van der Waals surface area (Å²) < 4.78 is 10.7. The summed E-state index contributed by atoms with van der Waals surface area (Å²) in [7, 11) is 3.38. The molecule has 3 nitrogen and oxygen atoms in total. The van der Waals surface area contributed by atoms with Crippen LogP contribution in [0.2, 0.25) is 0 Å². The summed E-state index contributed by atoms with van der Waals surface area (Å²) >= 11 is 0. The summed E-state index contributed by atoms with van der Waals surface area (Å²) in [6, 6.07) is 27.1. The van der Waals surface area contributed by atoms with E-state index in [0.717, 1.165) is 24.3 Å². The van der Waals surface area contributed by atoms with Crippen molar-refractivity contribution in [2.45, 2.75) is 24.2 Å². The van der Waals surface area contributed by atoms with Gasteiger partial charge in [-0.2, -0.15) is 5.26 Å². The monoisotopic (exact) mass is 369 g/mol. The number of hydrogen-bond donors (Lipinski definition) is 0. The average Bonchev–Trinajstić information content (AvgIpc) is 2.75. The fourth-order valence-corrected chi connectivity index (χ4v) is 4.45. The van der Waals surface area contributed by atoms with E-state index in [-0.39, 0.29) is 5.41 Å². The molecule has 3 aromatic rings. The Balaban J connectivity index is 1.81. The Morgan fingerprint density at radius 2 is 1.29 bits per heavy atom. The third kappa shape index (κ3) is 2.92. The fraction of sp³-hybridized carbons (Fsp3) is 0.240. The molecule has 0 saturated heterocycles. The van der Waals surface area contributed by atoms with Crippen LogP contribution in [0.4, 0.5) is 0 Å². The highest BCUT2D eigenvalue weighted by Gasteiger charge is 2.49. The second-order valence-corrected chi connectivity index (χ2v) is 7.25. The van der Waals surface area contributed by atoms with Crippen LogP contribution < -0.4 is 9.47 Å². The molecule has 0 spiro atoms. The highest BCUT2D eigenvalue weighted by Crippen LogP contribution is 2.58.